The minimum atomic E-state index is -0.309. The van der Waals surface area contributed by atoms with Gasteiger partial charge in [0.05, 0.1) is 23.6 Å². The highest BCUT2D eigenvalue weighted by Gasteiger charge is 2.31. The molecule has 0 radical (unpaired) electrons. The number of carbonyl (C=O) groups is 1. The van der Waals surface area contributed by atoms with Crippen LogP contribution >= 0.6 is 0 Å². The number of hydrogen-bond acceptors (Lipinski definition) is 5. The van der Waals surface area contributed by atoms with Gasteiger partial charge in [0, 0.05) is 12.5 Å². The van der Waals surface area contributed by atoms with Gasteiger partial charge in [0.15, 0.2) is 0 Å². The van der Waals surface area contributed by atoms with Crippen molar-refractivity contribution < 1.29 is 9.53 Å². The highest BCUT2D eigenvalue weighted by atomic mass is 16.5. The van der Waals surface area contributed by atoms with E-state index < -0.39 is 0 Å². The van der Waals surface area contributed by atoms with E-state index in [9.17, 15) is 4.79 Å². The van der Waals surface area contributed by atoms with E-state index in [1.807, 2.05) is 19.1 Å². The summed E-state index contributed by atoms with van der Waals surface area (Å²) in [7, 11) is 0. The quantitative estimate of drug-likeness (QED) is 0.827. The van der Waals surface area contributed by atoms with E-state index in [2.05, 4.69) is 10.3 Å². The fourth-order valence-electron chi connectivity index (χ4n) is 2.46. The number of nitrogens with zero attached hydrogens (tertiary/aromatic N) is 3. The first kappa shape index (κ1) is 14.7. The van der Waals surface area contributed by atoms with Gasteiger partial charge in [0.1, 0.15) is 5.69 Å². The van der Waals surface area contributed by atoms with Crippen molar-refractivity contribution >= 4 is 5.97 Å². The van der Waals surface area contributed by atoms with Gasteiger partial charge < -0.3 is 10.5 Å². The molecule has 1 fully saturated rings. The Kier molecular flexibility index (Phi) is 4.20. The van der Waals surface area contributed by atoms with Crippen LogP contribution in [0.25, 0.3) is 5.69 Å². The predicted molar refractivity (Wildman–Crippen MR) is 81.8 cm³/mol. The fourth-order valence-corrected chi connectivity index (χ4v) is 2.46. The van der Waals surface area contributed by atoms with Crippen molar-refractivity contribution in [3.05, 3.63) is 41.2 Å². The van der Waals surface area contributed by atoms with Crippen LogP contribution in [0.4, 0.5) is 0 Å². The topological polar surface area (TPSA) is 83.0 Å². The van der Waals surface area contributed by atoms with Gasteiger partial charge in [-0.3, -0.25) is 0 Å². The molecule has 2 aromatic rings. The molecule has 1 heterocycles. The van der Waals surface area contributed by atoms with Crippen LogP contribution in [-0.2, 0) is 11.3 Å². The largest absolute Gasteiger partial charge is 0.462 e. The summed E-state index contributed by atoms with van der Waals surface area (Å²) in [4.78, 5) is 12.0. The first-order chi connectivity index (χ1) is 10.7. The Balaban J connectivity index is 1.92. The molecule has 0 aliphatic heterocycles. The molecule has 0 amide bonds. The summed E-state index contributed by atoms with van der Waals surface area (Å²) < 4.78 is 6.98. The number of hydrogen-bond donors (Lipinski definition) is 1. The zero-order valence-corrected chi connectivity index (χ0v) is 12.7. The SMILES string of the molecule is CCCOC(=O)c1cccc(-n2nnc(CN)c2C2CC2)c1. The molecule has 1 saturated carbocycles. The lowest BCUT2D eigenvalue weighted by Gasteiger charge is -2.08. The van der Waals surface area contributed by atoms with Gasteiger partial charge >= 0.3 is 5.97 Å². The standard InChI is InChI=1S/C16H20N4O2/c1-2-8-22-16(21)12-4-3-5-13(9-12)20-15(11-6-7-11)14(10-17)18-19-20/h3-5,9,11H,2,6-8,10,17H2,1H3. The second-order valence-electron chi connectivity index (χ2n) is 5.50. The first-order valence-electron chi connectivity index (χ1n) is 7.66. The number of rotatable bonds is 6. The lowest BCUT2D eigenvalue weighted by Crippen LogP contribution is -2.08. The molecule has 1 aliphatic rings. The van der Waals surface area contributed by atoms with Crippen molar-refractivity contribution in [1.82, 2.24) is 15.0 Å². The van der Waals surface area contributed by atoms with Crippen molar-refractivity contribution in [3.8, 4) is 5.69 Å². The van der Waals surface area contributed by atoms with Gasteiger partial charge in [-0.05, 0) is 37.5 Å². The second kappa shape index (κ2) is 6.27. The molecular weight excluding hydrogens is 280 g/mol. The zero-order valence-electron chi connectivity index (χ0n) is 12.7. The number of aromatic nitrogens is 3. The summed E-state index contributed by atoms with van der Waals surface area (Å²) in [6, 6.07) is 7.29. The van der Waals surface area contributed by atoms with Crippen molar-refractivity contribution in [3.63, 3.8) is 0 Å². The summed E-state index contributed by atoms with van der Waals surface area (Å²) in [6.45, 7) is 2.77. The Morgan fingerprint density at radius 3 is 2.95 bits per heavy atom. The van der Waals surface area contributed by atoms with E-state index in [4.69, 9.17) is 10.5 Å². The number of esters is 1. The lowest BCUT2D eigenvalue weighted by atomic mass is 10.1. The van der Waals surface area contributed by atoms with Crippen molar-refractivity contribution in [2.75, 3.05) is 6.61 Å². The molecule has 0 bridgehead atoms. The summed E-state index contributed by atoms with van der Waals surface area (Å²) in [5.41, 5.74) is 9.00. The van der Waals surface area contributed by atoms with Crippen molar-refractivity contribution in [2.45, 2.75) is 38.6 Å². The summed E-state index contributed by atoms with van der Waals surface area (Å²) in [6.07, 6.45) is 3.08. The Morgan fingerprint density at radius 1 is 1.45 bits per heavy atom. The Morgan fingerprint density at radius 2 is 2.27 bits per heavy atom. The maximum Gasteiger partial charge on any atom is 0.338 e. The minimum absolute atomic E-state index is 0.309. The summed E-state index contributed by atoms with van der Waals surface area (Å²) in [5, 5.41) is 8.38. The van der Waals surface area contributed by atoms with Gasteiger partial charge in [-0.25, -0.2) is 9.48 Å². The zero-order chi connectivity index (χ0) is 15.5. The van der Waals surface area contributed by atoms with Crippen LogP contribution in [0.5, 0.6) is 0 Å². The smallest absolute Gasteiger partial charge is 0.338 e. The summed E-state index contributed by atoms with van der Waals surface area (Å²) in [5.74, 6) is 0.167. The van der Waals surface area contributed by atoms with Gasteiger partial charge in [-0.15, -0.1) is 5.10 Å². The number of ether oxygens (including phenoxy) is 1. The molecule has 2 N–H and O–H groups in total. The second-order valence-corrected chi connectivity index (χ2v) is 5.50. The molecule has 3 rings (SSSR count). The molecule has 0 atom stereocenters. The van der Waals surface area contributed by atoms with Crippen LogP contribution in [-0.4, -0.2) is 27.6 Å². The van der Waals surface area contributed by atoms with E-state index in [0.717, 1.165) is 36.3 Å². The maximum atomic E-state index is 12.0. The van der Waals surface area contributed by atoms with Crippen LogP contribution in [0.15, 0.2) is 24.3 Å². The van der Waals surface area contributed by atoms with E-state index in [1.54, 1.807) is 16.8 Å². The van der Waals surface area contributed by atoms with Crippen LogP contribution in [0.2, 0.25) is 0 Å². The lowest BCUT2D eigenvalue weighted by molar-refractivity contribution is 0.0505. The molecule has 1 aliphatic carbocycles. The van der Waals surface area contributed by atoms with Crippen molar-refractivity contribution in [1.29, 1.82) is 0 Å². The van der Waals surface area contributed by atoms with Crippen LogP contribution in [0, 0.1) is 0 Å². The molecule has 0 spiro atoms. The number of nitrogens with two attached hydrogens (primary N) is 1. The highest BCUT2D eigenvalue weighted by molar-refractivity contribution is 5.90. The molecule has 6 heteroatoms. The predicted octanol–water partition coefficient (Wildman–Crippen LogP) is 2.17. The monoisotopic (exact) mass is 300 g/mol. The number of carbonyl (C=O) groups excluding carboxylic acids is 1. The molecule has 0 saturated heterocycles. The average Bonchev–Trinajstić information content (AvgIpc) is 3.31. The third kappa shape index (κ3) is 2.87. The first-order valence-corrected chi connectivity index (χ1v) is 7.66. The molecule has 116 valence electrons. The molecular formula is C16H20N4O2. The normalized spacial score (nSPS) is 14.1. The van der Waals surface area contributed by atoms with Gasteiger partial charge in [-0.1, -0.05) is 18.2 Å². The Bertz CT molecular complexity index is 677. The molecule has 0 unspecified atom stereocenters. The Labute approximate surface area is 129 Å². The maximum absolute atomic E-state index is 12.0. The van der Waals surface area contributed by atoms with Gasteiger partial charge in [0.25, 0.3) is 0 Å². The average molecular weight is 300 g/mol. The van der Waals surface area contributed by atoms with Crippen LogP contribution in [0.3, 0.4) is 0 Å². The summed E-state index contributed by atoms with van der Waals surface area (Å²) >= 11 is 0. The van der Waals surface area contributed by atoms with E-state index >= 15 is 0 Å². The van der Waals surface area contributed by atoms with Crippen LogP contribution < -0.4 is 5.73 Å². The Hall–Kier alpha value is -2.21. The molecule has 6 nitrogen and oxygen atoms in total. The van der Waals surface area contributed by atoms with E-state index in [0.29, 0.717) is 24.6 Å². The fraction of sp³-hybridized carbons (Fsp3) is 0.438. The third-order valence-electron chi connectivity index (χ3n) is 3.70. The number of benzene rings is 1. The van der Waals surface area contributed by atoms with E-state index in [1.165, 1.54) is 0 Å². The molecule has 1 aromatic carbocycles. The van der Waals surface area contributed by atoms with Crippen LogP contribution in [0.1, 0.15) is 53.8 Å². The molecule has 22 heavy (non-hydrogen) atoms. The minimum Gasteiger partial charge on any atom is -0.462 e. The van der Waals surface area contributed by atoms with Gasteiger partial charge in [0.2, 0.25) is 0 Å². The highest BCUT2D eigenvalue weighted by Crippen LogP contribution is 2.41. The van der Waals surface area contributed by atoms with E-state index in [-0.39, 0.29) is 5.97 Å². The van der Waals surface area contributed by atoms with Gasteiger partial charge in [-0.2, -0.15) is 0 Å². The van der Waals surface area contributed by atoms with Crippen molar-refractivity contribution in [2.24, 2.45) is 5.73 Å². The third-order valence-corrected chi connectivity index (χ3v) is 3.70. The molecule has 1 aromatic heterocycles.